The second-order valence-electron chi connectivity index (χ2n) is 5.40. The molecule has 0 saturated heterocycles. The molecule has 3 N–H and O–H groups in total. The molecule has 1 fully saturated rings. The van der Waals surface area contributed by atoms with Crippen molar-refractivity contribution in [2.45, 2.75) is 32.6 Å². The van der Waals surface area contributed by atoms with Crippen LogP contribution in [0.5, 0.6) is 0 Å². The zero-order valence-corrected chi connectivity index (χ0v) is 12.0. The third-order valence-corrected chi connectivity index (χ3v) is 3.52. The number of hydrogen-bond acceptors (Lipinski definition) is 2. The Morgan fingerprint density at radius 2 is 2.25 bits per heavy atom. The van der Waals surface area contributed by atoms with Crippen LogP contribution >= 0.6 is 0 Å². The molecule has 2 rings (SSSR count). The molecule has 3 nitrogen and oxygen atoms in total. The first kappa shape index (κ1) is 14.6. The molecule has 0 radical (unpaired) electrons. The van der Waals surface area contributed by atoms with E-state index < -0.39 is 0 Å². The molecule has 0 spiro atoms. The maximum absolute atomic E-state index is 12.2. The first-order chi connectivity index (χ1) is 9.70. The van der Waals surface area contributed by atoms with Crippen LogP contribution in [0.3, 0.4) is 0 Å². The predicted octanol–water partition coefficient (Wildman–Crippen LogP) is 2.23. The number of benzene rings is 1. The summed E-state index contributed by atoms with van der Waals surface area (Å²) in [6.07, 6.45) is 5.02. The number of nitrogens with two attached hydrogens (primary N) is 1. The summed E-state index contributed by atoms with van der Waals surface area (Å²) >= 11 is 0. The van der Waals surface area contributed by atoms with Gasteiger partial charge in [-0.1, -0.05) is 30.7 Å². The average Bonchev–Trinajstić information content (AvgIpc) is 3.25. The molecule has 106 valence electrons. The summed E-state index contributed by atoms with van der Waals surface area (Å²) in [6.45, 7) is 3.04. The fourth-order valence-corrected chi connectivity index (χ4v) is 2.20. The van der Waals surface area contributed by atoms with Gasteiger partial charge in [0.15, 0.2) is 0 Å². The van der Waals surface area contributed by atoms with E-state index in [2.05, 4.69) is 17.2 Å². The zero-order chi connectivity index (χ0) is 14.4. The smallest absolute Gasteiger partial charge is 0.252 e. The Balaban J connectivity index is 1.96. The Hall–Kier alpha value is -1.79. The molecule has 0 bridgehead atoms. The van der Waals surface area contributed by atoms with Crippen molar-refractivity contribution in [2.75, 3.05) is 13.1 Å². The minimum Gasteiger partial charge on any atom is -0.352 e. The summed E-state index contributed by atoms with van der Waals surface area (Å²) in [6, 6.07) is 5.71. The van der Waals surface area contributed by atoms with Gasteiger partial charge < -0.3 is 11.1 Å². The highest BCUT2D eigenvalue weighted by Gasteiger charge is 2.20. The summed E-state index contributed by atoms with van der Waals surface area (Å²) in [5, 5.41) is 2.98. The molecule has 1 aromatic rings. The highest BCUT2D eigenvalue weighted by molar-refractivity contribution is 5.96. The van der Waals surface area contributed by atoms with Crippen molar-refractivity contribution in [3.05, 3.63) is 34.9 Å². The summed E-state index contributed by atoms with van der Waals surface area (Å²) < 4.78 is 0. The Bertz CT molecular complexity index is 536. The van der Waals surface area contributed by atoms with Gasteiger partial charge in [0.05, 0.1) is 12.1 Å². The monoisotopic (exact) mass is 270 g/mol. The number of hydrogen-bond donors (Lipinski definition) is 2. The van der Waals surface area contributed by atoms with Crippen molar-refractivity contribution in [2.24, 2.45) is 11.7 Å². The van der Waals surface area contributed by atoms with Crippen molar-refractivity contribution in [1.82, 2.24) is 5.32 Å². The van der Waals surface area contributed by atoms with Crippen LogP contribution in [-0.4, -0.2) is 19.0 Å². The second kappa shape index (κ2) is 7.12. The first-order valence-electron chi connectivity index (χ1n) is 7.28. The van der Waals surface area contributed by atoms with Gasteiger partial charge >= 0.3 is 0 Å². The molecule has 0 aliphatic heterocycles. The van der Waals surface area contributed by atoms with Crippen molar-refractivity contribution in [1.29, 1.82) is 0 Å². The molecule has 1 aromatic carbocycles. The third kappa shape index (κ3) is 4.40. The van der Waals surface area contributed by atoms with Crippen molar-refractivity contribution >= 4 is 5.91 Å². The molecule has 0 heterocycles. The van der Waals surface area contributed by atoms with Gasteiger partial charge in [-0.2, -0.15) is 0 Å². The number of rotatable bonds is 5. The first-order valence-corrected chi connectivity index (χ1v) is 7.28. The van der Waals surface area contributed by atoms with E-state index in [9.17, 15) is 4.79 Å². The van der Waals surface area contributed by atoms with E-state index >= 15 is 0 Å². The summed E-state index contributed by atoms with van der Waals surface area (Å²) in [5.74, 6) is 6.67. The Kier molecular flexibility index (Phi) is 5.20. The predicted molar refractivity (Wildman–Crippen MR) is 81.4 cm³/mol. The summed E-state index contributed by atoms with van der Waals surface area (Å²) in [7, 11) is 0. The molecule has 1 saturated carbocycles. The van der Waals surface area contributed by atoms with Gasteiger partial charge in [-0.05, 0) is 43.4 Å². The fourth-order valence-electron chi connectivity index (χ4n) is 2.20. The molecule has 0 atom stereocenters. The van der Waals surface area contributed by atoms with Gasteiger partial charge in [0, 0.05) is 12.1 Å². The van der Waals surface area contributed by atoms with Crippen LogP contribution < -0.4 is 11.1 Å². The molecular formula is C17H22N2O. The highest BCUT2D eigenvalue weighted by atomic mass is 16.1. The molecule has 3 heteroatoms. The normalized spacial score (nSPS) is 13.5. The maximum Gasteiger partial charge on any atom is 0.252 e. The SMILES string of the molecule is Cc1ccc(C(=O)NCCCC2CC2)c(C#CCN)c1. The van der Waals surface area contributed by atoms with Crippen molar-refractivity contribution in [3.63, 3.8) is 0 Å². The van der Waals surface area contributed by atoms with Crippen LogP contribution in [-0.2, 0) is 0 Å². The highest BCUT2D eigenvalue weighted by Crippen LogP contribution is 2.33. The average molecular weight is 270 g/mol. The lowest BCUT2D eigenvalue weighted by atomic mass is 10.0. The van der Waals surface area contributed by atoms with E-state index in [1.807, 2.05) is 25.1 Å². The lowest BCUT2D eigenvalue weighted by molar-refractivity contribution is 0.0952. The molecule has 20 heavy (non-hydrogen) atoms. The van der Waals surface area contributed by atoms with E-state index in [1.165, 1.54) is 19.3 Å². The number of carbonyl (C=O) groups is 1. The molecule has 0 aromatic heterocycles. The van der Waals surface area contributed by atoms with E-state index in [0.717, 1.165) is 30.0 Å². The van der Waals surface area contributed by atoms with E-state index in [4.69, 9.17) is 5.73 Å². The van der Waals surface area contributed by atoms with Crippen molar-refractivity contribution in [3.8, 4) is 11.8 Å². The molecule has 1 aliphatic carbocycles. The van der Waals surface area contributed by atoms with Crippen LogP contribution in [0.4, 0.5) is 0 Å². The summed E-state index contributed by atoms with van der Waals surface area (Å²) in [5.41, 5.74) is 7.89. The van der Waals surface area contributed by atoms with E-state index in [-0.39, 0.29) is 5.91 Å². The van der Waals surface area contributed by atoms with Crippen molar-refractivity contribution < 1.29 is 4.79 Å². The zero-order valence-electron chi connectivity index (χ0n) is 12.0. The number of amides is 1. The van der Waals surface area contributed by atoms with Gasteiger partial charge in [0.25, 0.3) is 5.91 Å². The number of carbonyl (C=O) groups excluding carboxylic acids is 1. The van der Waals surface area contributed by atoms with Gasteiger partial charge in [-0.25, -0.2) is 0 Å². The third-order valence-electron chi connectivity index (χ3n) is 3.52. The van der Waals surface area contributed by atoms with Crippen LogP contribution in [0.15, 0.2) is 18.2 Å². The van der Waals surface area contributed by atoms with E-state index in [0.29, 0.717) is 12.1 Å². The Morgan fingerprint density at radius 1 is 1.45 bits per heavy atom. The minimum atomic E-state index is -0.0397. The molecule has 1 amide bonds. The minimum absolute atomic E-state index is 0.0397. The maximum atomic E-state index is 12.2. The van der Waals surface area contributed by atoms with E-state index in [1.54, 1.807) is 0 Å². The standard InChI is InChI=1S/C17H22N2O/c1-13-6-9-16(15(12-13)5-2-10-18)17(20)19-11-3-4-14-7-8-14/h6,9,12,14H,3-4,7-8,10-11,18H2,1H3,(H,19,20). The van der Waals surface area contributed by atoms with Crippen LogP contribution in [0, 0.1) is 24.7 Å². The summed E-state index contributed by atoms with van der Waals surface area (Å²) in [4.78, 5) is 12.2. The van der Waals surface area contributed by atoms with Gasteiger partial charge in [0.1, 0.15) is 0 Å². The van der Waals surface area contributed by atoms with Crippen LogP contribution in [0.2, 0.25) is 0 Å². The van der Waals surface area contributed by atoms with Crippen LogP contribution in [0.25, 0.3) is 0 Å². The molecule has 1 aliphatic rings. The fraction of sp³-hybridized carbons (Fsp3) is 0.471. The molecule has 0 unspecified atom stereocenters. The van der Waals surface area contributed by atoms with Gasteiger partial charge in [0.2, 0.25) is 0 Å². The van der Waals surface area contributed by atoms with Gasteiger partial charge in [-0.3, -0.25) is 4.79 Å². The van der Waals surface area contributed by atoms with Crippen LogP contribution in [0.1, 0.15) is 47.2 Å². The largest absolute Gasteiger partial charge is 0.352 e. The quantitative estimate of drug-likeness (QED) is 0.637. The Labute approximate surface area is 120 Å². The van der Waals surface area contributed by atoms with Gasteiger partial charge in [-0.15, -0.1) is 0 Å². The molecular weight excluding hydrogens is 248 g/mol. The second-order valence-corrected chi connectivity index (χ2v) is 5.40. The topological polar surface area (TPSA) is 55.1 Å². The lowest BCUT2D eigenvalue weighted by Crippen LogP contribution is -2.25. The Morgan fingerprint density at radius 3 is 2.95 bits per heavy atom. The lowest BCUT2D eigenvalue weighted by Gasteiger charge is -2.07. The number of aryl methyl sites for hydroxylation is 1. The number of nitrogens with one attached hydrogen (secondary N) is 1.